The lowest BCUT2D eigenvalue weighted by molar-refractivity contribution is 0.0499. The fraction of sp³-hybridized carbons (Fsp3) is 0.467. The highest BCUT2D eigenvalue weighted by Gasteiger charge is 2.21. The SMILES string of the molecule is COc1cc(-c2noc([C@@H](C)NC(=O)OC(C)(C)C)n2)ccn1. The molecule has 2 aromatic heterocycles. The molecule has 23 heavy (non-hydrogen) atoms. The van der Waals surface area contributed by atoms with E-state index in [-0.39, 0.29) is 5.89 Å². The molecule has 2 heterocycles. The number of nitrogens with zero attached hydrogens (tertiary/aromatic N) is 3. The van der Waals surface area contributed by atoms with Gasteiger partial charge in [-0.25, -0.2) is 9.78 Å². The summed E-state index contributed by atoms with van der Waals surface area (Å²) in [7, 11) is 1.53. The van der Waals surface area contributed by atoms with E-state index in [1.165, 1.54) is 7.11 Å². The second-order valence-corrected chi connectivity index (χ2v) is 5.91. The Bertz CT molecular complexity index is 678. The van der Waals surface area contributed by atoms with Crippen LogP contribution in [0.2, 0.25) is 0 Å². The molecule has 8 heteroatoms. The highest BCUT2D eigenvalue weighted by atomic mass is 16.6. The smallest absolute Gasteiger partial charge is 0.408 e. The van der Waals surface area contributed by atoms with Gasteiger partial charge in [-0.3, -0.25) is 0 Å². The molecule has 0 aliphatic carbocycles. The van der Waals surface area contributed by atoms with Crippen LogP contribution in [0.15, 0.2) is 22.9 Å². The molecule has 124 valence electrons. The van der Waals surface area contributed by atoms with Crippen molar-refractivity contribution in [1.29, 1.82) is 0 Å². The number of amides is 1. The second kappa shape index (κ2) is 6.64. The zero-order valence-corrected chi connectivity index (χ0v) is 13.8. The Morgan fingerprint density at radius 3 is 2.78 bits per heavy atom. The third kappa shape index (κ3) is 4.67. The van der Waals surface area contributed by atoms with Crippen molar-refractivity contribution in [3.05, 3.63) is 24.2 Å². The Labute approximate surface area is 134 Å². The molecule has 0 radical (unpaired) electrons. The largest absolute Gasteiger partial charge is 0.481 e. The van der Waals surface area contributed by atoms with Crippen LogP contribution < -0.4 is 10.1 Å². The number of alkyl carbamates (subject to hydrolysis) is 1. The molecule has 0 saturated carbocycles. The van der Waals surface area contributed by atoms with Gasteiger partial charge in [-0.1, -0.05) is 5.16 Å². The van der Waals surface area contributed by atoms with Crippen molar-refractivity contribution in [2.45, 2.75) is 39.3 Å². The van der Waals surface area contributed by atoms with E-state index in [1.807, 2.05) is 0 Å². The van der Waals surface area contributed by atoms with E-state index >= 15 is 0 Å². The summed E-state index contributed by atoms with van der Waals surface area (Å²) in [5, 5.41) is 6.55. The number of aromatic nitrogens is 3. The summed E-state index contributed by atoms with van der Waals surface area (Å²) in [6, 6.07) is 2.96. The number of ether oxygens (including phenoxy) is 2. The van der Waals surface area contributed by atoms with Gasteiger partial charge in [-0.05, 0) is 33.8 Å². The van der Waals surface area contributed by atoms with Gasteiger partial charge in [0.1, 0.15) is 11.6 Å². The third-order valence-corrected chi connectivity index (χ3v) is 2.75. The highest BCUT2D eigenvalue weighted by Crippen LogP contribution is 2.21. The third-order valence-electron chi connectivity index (χ3n) is 2.75. The van der Waals surface area contributed by atoms with Crippen molar-refractivity contribution >= 4 is 6.09 Å². The molecule has 0 aromatic carbocycles. The minimum Gasteiger partial charge on any atom is -0.481 e. The van der Waals surface area contributed by atoms with Crippen LogP contribution >= 0.6 is 0 Å². The lowest BCUT2D eigenvalue weighted by atomic mass is 10.2. The van der Waals surface area contributed by atoms with Crippen molar-refractivity contribution in [3.63, 3.8) is 0 Å². The lowest BCUT2D eigenvalue weighted by Gasteiger charge is -2.20. The fourth-order valence-corrected chi connectivity index (χ4v) is 1.73. The summed E-state index contributed by atoms with van der Waals surface area (Å²) < 4.78 is 15.4. The summed E-state index contributed by atoms with van der Waals surface area (Å²) in [4.78, 5) is 20.0. The van der Waals surface area contributed by atoms with Crippen LogP contribution in [-0.2, 0) is 4.74 Å². The number of nitrogens with one attached hydrogen (secondary N) is 1. The van der Waals surface area contributed by atoms with Crippen molar-refractivity contribution in [2.75, 3.05) is 7.11 Å². The average molecular weight is 320 g/mol. The van der Waals surface area contributed by atoms with Gasteiger partial charge in [0, 0.05) is 17.8 Å². The number of pyridine rings is 1. The van der Waals surface area contributed by atoms with Crippen LogP contribution in [0.25, 0.3) is 11.4 Å². The van der Waals surface area contributed by atoms with E-state index in [1.54, 1.807) is 46.0 Å². The van der Waals surface area contributed by atoms with E-state index in [4.69, 9.17) is 14.0 Å². The van der Waals surface area contributed by atoms with Crippen LogP contribution in [-0.4, -0.2) is 33.9 Å². The van der Waals surface area contributed by atoms with E-state index in [0.29, 0.717) is 17.3 Å². The van der Waals surface area contributed by atoms with Crippen LogP contribution in [0.4, 0.5) is 4.79 Å². The first-order chi connectivity index (χ1) is 10.8. The molecule has 0 unspecified atom stereocenters. The van der Waals surface area contributed by atoms with Crippen molar-refractivity contribution in [2.24, 2.45) is 0 Å². The maximum atomic E-state index is 11.8. The fourth-order valence-electron chi connectivity index (χ4n) is 1.73. The first-order valence-corrected chi connectivity index (χ1v) is 7.12. The zero-order valence-electron chi connectivity index (χ0n) is 13.8. The number of methoxy groups -OCH3 is 1. The quantitative estimate of drug-likeness (QED) is 0.924. The highest BCUT2D eigenvalue weighted by molar-refractivity contribution is 5.68. The minimum atomic E-state index is -0.572. The van der Waals surface area contributed by atoms with Crippen molar-refractivity contribution < 1.29 is 18.8 Å². The normalized spacial score (nSPS) is 12.6. The molecule has 0 aliphatic heterocycles. The lowest BCUT2D eigenvalue weighted by Crippen LogP contribution is -2.34. The van der Waals surface area contributed by atoms with Gasteiger partial charge in [0.2, 0.25) is 17.6 Å². The molecule has 0 spiro atoms. The molecule has 0 saturated heterocycles. The van der Waals surface area contributed by atoms with E-state index in [2.05, 4.69) is 20.4 Å². The summed E-state index contributed by atoms with van der Waals surface area (Å²) in [5.41, 5.74) is 0.133. The number of hydrogen-bond acceptors (Lipinski definition) is 7. The zero-order chi connectivity index (χ0) is 17.0. The van der Waals surface area contributed by atoms with Crippen LogP contribution in [0, 0.1) is 0 Å². The second-order valence-electron chi connectivity index (χ2n) is 5.91. The Hall–Kier alpha value is -2.64. The molecule has 1 amide bonds. The standard InChI is InChI=1S/C15H20N4O4/c1-9(17-14(20)22-15(2,3)4)13-18-12(19-23-13)10-6-7-16-11(8-10)21-5/h6-9H,1-5H3,(H,17,20)/t9-/m1/s1. The Morgan fingerprint density at radius 2 is 2.13 bits per heavy atom. The number of carbonyl (C=O) groups is 1. The molecular formula is C15H20N4O4. The Balaban J connectivity index is 2.07. The predicted octanol–water partition coefficient (Wildman–Crippen LogP) is 2.73. The molecule has 0 aliphatic rings. The molecule has 8 nitrogen and oxygen atoms in total. The van der Waals surface area contributed by atoms with Gasteiger partial charge < -0.3 is 19.3 Å². The Kier molecular flexibility index (Phi) is 4.83. The average Bonchev–Trinajstić information content (AvgIpc) is 2.95. The number of hydrogen-bond donors (Lipinski definition) is 1. The van der Waals surface area contributed by atoms with Crippen molar-refractivity contribution in [1.82, 2.24) is 20.4 Å². The molecule has 2 aromatic rings. The molecule has 2 rings (SSSR count). The summed E-state index contributed by atoms with van der Waals surface area (Å²) in [6.45, 7) is 7.10. The van der Waals surface area contributed by atoms with Crippen LogP contribution in [0.1, 0.15) is 39.6 Å². The van der Waals surface area contributed by atoms with Crippen molar-refractivity contribution in [3.8, 4) is 17.3 Å². The summed E-state index contributed by atoms with van der Waals surface area (Å²) in [5.74, 6) is 1.12. The van der Waals surface area contributed by atoms with Gasteiger partial charge in [0.25, 0.3) is 0 Å². The molecule has 1 atom stereocenters. The van der Waals surface area contributed by atoms with Gasteiger partial charge in [0.15, 0.2) is 0 Å². The number of carbonyl (C=O) groups excluding carboxylic acids is 1. The van der Waals surface area contributed by atoms with E-state index in [0.717, 1.165) is 0 Å². The molecule has 1 N–H and O–H groups in total. The van der Waals surface area contributed by atoms with Gasteiger partial charge >= 0.3 is 6.09 Å². The first-order valence-electron chi connectivity index (χ1n) is 7.12. The molecular weight excluding hydrogens is 300 g/mol. The monoisotopic (exact) mass is 320 g/mol. The first kappa shape index (κ1) is 16.7. The predicted molar refractivity (Wildman–Crippen MR) is 81.9 cm³/mol. The minimum absolute atomic E-state index is 0.279. The van der Waals surface area contributed by atoms with Crippen LogP contribution in [0.3, 0.4) is 0 Å². The Morgan fingerprint density at radius 1 is 1.39 bits per heavy atom. The molecule has 0 fully saturated rings. The maximum Gasteiger partial charge on any atom is 0.408 e. The summed E-state index contributed by atoms with van der Waals surface area (Å²) in [6.07, 6.45) is 1.04. The van der Waals surface area contributed by atoms with Crippen LogP contribution in [0.5, 0.6) is 5.88 Å². The topological polar surface area (TPSA) is 99.4 Å². The maximum absolute atomic E-state index is 11.8. The van der Waals surface area contributed by atoms with Gasteiger partial charge in [0.05, 0.1) is 7.11 Å². The van der Waals surface area contributed by atoms with E-state index < -0.39 is 17.7 Å². The van der Waals surface area contributed by atoms with Gasteiger partial charge in [-0.2, -0.15) is 4.98 Å². The van der Waals surface area contributed by atoms with E-state index in [9.17, 15) is 4.79 Å². The number of rotatable bonds is 4. The molecule has 0 bridgehead atoms. The van der Waals surface area contributed by atoms with Gasteiger partial charge in [-0.15, -0.1) is 0 Å². The summed E-state index contributed by atoms with van der Waals surface area (Å²) >= 11 is 0.